The number of ketones is 1. The zero-order valence-electron chi connectivity index (χ0n) is 7.03. The van der Waals surface area contributed by atoms with E-state index < -0.39 is 42.8 Å². The number of cyclic esters (lactones) is 1. The van der Waals surface area contributed by atoms with Crippen LogP contribution in [-0.4, -0.2) is 63.2 Å². The summed E-state index contributed by atoms with van der Waals surface area (Å²) in [6.45, 7) is -0.919. The number of aliphatic hydroxyl groups is 4. The van der Waals surface area contributed by atoms with Gasteiger partial charge in [0.2, 0.25) is 5.78 Å². The van der Waals surface area contributed by atoms with E-state index in [1.54, 1.807) is 0 Å². The van der Waals surface area contributed by atoms with Crippen LogP contribution in [0.4, 0.5) is 0 Å². The molecule has 0 amide bonds. The van der Waals surface area contributed by atoms with Gasteiger partial charge in [0.25, 0.3) is 0 Å². The van der Waals surface area contributed by atoms with Gasteiger partial charge in [-0.2, -0.15) is 0 Å². The normalized spacial score (nSPS) is 37.9. The molecule has 0 saturated carbocycles. The monoisotopic (exact) mass is 206 g/mol. The molecule has 0 radical (unpaired) electrons. The summed E-state index contributed by atoms with van der Waals surface area (Å²) in [5.74, 6) is -2.13. The molecule has 0 aromatic heterocycles. The molecule has 0 aliphatic carbocycles. The van der Waals surface area contributed by atoms with Gasteiger partial charge in [-0.15, -0.1) is 0 Å². The van der Waals surface area contributed by atoms with Crippen LogP contribution in [0.3, 0.4) is 0 Å². The van der Waals surface area contributed by atoms with Gasteiger partial charge in [-0.25, -0.2) is 4.79 Å². The first kappa shape index (κ1) is 11.1. The van der Waals surface area contributed by atoms with Crippen molar-refractivity contribution < 1.29 is 34.8 Å². The summed E-state index contributed by atoms with van der Waals surface area (Å²) in [7, 11) is 0. The lowest BCUT2D eigenvalue weighted by Crippen LogP contribution is -2.58. The van der Waals surface area contributed by atoms with Crippen LogP contribution in [0.15, 0.2) is 0 Å². The Morgan fingerprint density at radius 2 is 1.86 bits per heavy atom. The van der Waals surface area contributed by atoms with E-state index in [1.165, 1.54) is 0 Å². The fraction of sp³-hybridized carbons (Fsp3) is 0.714. The quantitative estimate of drug-likeness (QED) is 0.346. The topological polar surface area (TPSA) is 124 Å². The standard InChI is InChI=1S/C7H10O7/c8-1-2(9)6-4(11)3(10)5(12)7(13)14-6/h3-6,8,10-12H,1H2/t3-,4+,5-,6+/m0/s1. The zero-order valence-corrected chi connectivity index (χ0v) is 7.03. The summed E-state index contributed by atoms with van der Waals surface area (Å²) in [5, 5.41) is 35.7. The predicted octanol–water partition coefficient (Wildman–Crippen LogP) is -3.44. The largest absolute Gasteiger partial charge is 0.449 e. The first-order valence-corrected chi connectivity index (χ1v) is 3.87. The van der Waals surface area contributed by atoms with Gasteiger partial charge in [0.15, 0.2) is 12.2 Å². The summed E-state index contributed by atoms with van der Waals surface area (Å²) in [4.78, 5) is 21.7. The molecule has 0 aromatic rings. The van der Waals surface area contributed by atoms with Crippen LogP contribution in [0, 0.1) is 0 Å². The Labute approximate surface area is 78.5 Å². The van der Waals surface area contributed by atoms with Crippen molar-refractivity contribution in [3.63, 3.8) is 0 Å². The molecule has 1 rings (SSSR count). The third kappa shape index (κ3) is 1.75. The highest BCUT2D eigenvalue weighted by molar-refractivity contribution is 5.89. The van der Waals surface area contributed by atoms with Crippen molar-refractivity contribution >= 4 is 11.8 Å². The molecule has 4 N–H and O–H groups in total. The van der Waals surface area contributed by atoms with Crippen molar-refractivity contribution in [3.8, 4) is 0 Å². The maximum atomic E-state index is 10.9. The lowest BCUT2D eigenvalue weighted by Gasteiger charge is -2.32. The number of ether oxygens (including phenoxy) is 1. The highest BCUT2D eigenvalue weighted by Gasteiger charge is 2.46. The molecule has 0 unspecified atom stereocenters. The third-order valence-corrected chi connectivity index (χ3v) is 1.94. The molecule has 0 bridgehead atoms. The van der Waals surface area contributed by atoms with Crippen molar-refractivity contribution in [1.29, 1.82) is 0 Å². The summed E-state index contributed by atoms with van der Waals surface area (Å²) < 4.78 is 4.33. The van der Waals surface area contributed by atoms with Gasteiger partial charge >= 0.3 is 5.97 Å². The predicted molar refractivity (Wildman–Crippen MR) is 40.0 cm³/mol. The Morgan fingerprint density at radius 1 is 1.29 bits per heavy atom. The van der Waals surface area contributed by atoms with E-state index in [0.29, 0.717) is 0 Å². The number of hydrogen-bond acceptors (Lipinski definition) is 7. The van der Waals surface area contributed by atoms with Crippen LogP contribution < -0.4 is 0 Å². The van der Waals surface area contributed by atoms with Crippen LogP contribution in [0.25, 0.3) is 0 Å². The van der Waals surface area contributed by atoms with E-state index >= 15 is 0 Å². The van der Waals surface area contributed by atoms with Crippen molar-refractivity contribution in [2.75, 3.05) is 6.61 Å². The molecule has 1 saturated heterocycles. The molecular weight excluding hydrogens is 196 g/mol. The van der Waals surface area contributed by atoms with Gasteiger partial charge in [-0.3, -0.25) is 4.79 Å². The van der Waals surface area contributed by atoms with E-state index in [1.807, 2.05) is 0 Å². The first-order chi connectivity index (χ1) is 6.49. The maximum Gasteiger partial charge on any atom is 0.338 e. The first-order valence-electron chi connectivity index (χ1n) is 3.87. The van der Waals surface area contributed by atoms with Crippen molar-refractivity contribution in [2.45, 2.75) is 24.4 Å². The van der Waals surface area contributed by atoms with Crippen LogP contribution >= 0.6 is 0 Å². The number of aliphatic hydroxyl groups excluding tert-OH is 4. The molecule has 1 fully saturated rings. The fourth-order valence-electron chi connectivity index (χ4n) is 1.12. The van der Waals surface area contributed by atoms with Crippen LogP contribution in [0.2, 0.25) is 0 Å². The Hall–Kier alpha value is -1.02. The summed E-state index contributed by atoms with van der Waals surface area (Å²) >= 11 is 0. The summed E-state index contributed by atoms with van der Waals surface area (Å²) in [6, 6.07) is 0. The lowest BCUT2D eigenvalue weighted by molar-refractivity contribution is -0.203. The smallest absolute Gasteiger partial charge is 0.338 e. The number of hydrogen-bond donors (Lipinski definition) is 4. The Kier molecular flexibility index (Phi) is 3.17. The van der Waals surface area contributed by atoms with Gasteiger partial charge in [0.05, 0.1) is 0 Å². The molecule has 1 aliphatic rings. The van der Waals surface area contributed by atoms with E-state index in [0.717, 1.165) is 0 Å². The minimum absolute atomic E-state index is 0.919. The van der Waals surface area contributed by atoms with Gasteiger partial charge in [-0.05, 0) is 0 Å². The number of rotatable bonds is 2. The van der Waals surface area contributed by atoms with E-state index in [2.05, 4.69) is 4.74 Å². The van der Waals surface area contributed by atoms with E-state index in [9.17, 15) is 14.7 Å². The molecule has 1 heterocycles. The Morgan fingerprint density at radius 3 is 2.36 bits per heavy atom. The average molecular weight is 206 g/mol. The van der Waals surface area contributed by atoms with Crippen molar-refractivity contribution in [3.05, 3.63) is 0 Å². The Bertz CT molecular complexity index is 248. The molecule has 80 valence electrons. The molecule has 0 aromatic carbocycles. The van der Waals surface area contributed by atoms with Crippen molar-refractivity contribution in [1.82, 2.24) is 0 Å². The summed E-state index contributed by atoms with van der Waals surface area (Å²) in [5.41, 5.74) is 0. The SMILES string of the molecule is O=C1O[C@H](C(=O)CO)[C@H](O)[C@H](O)[C@@H]1O. The number of carbonyl (C=O) groups is 2. The molecule has 14 heavy (non-hydrogen) atoms. The third-order valence-electron chi connectivity index (χ3n) is 1.94. The molecule has 7 nitrogen and oxygen atoms in total. The second kappa shape index (κ2) is 4.01. The second-order valence-corrected chi connectivity index (χ2v) is 2.91. The summed E-state index contributed by atoms with van der Waals surface area (Å²) in [6.07, 6.45) is -6.99. The van der Waals surface area contributed by atoms with Gasteiger partial charge in [-0.1, -0.05) is 0 Å². The minimum atomic E-state index is -1.87. The minimum Gasteiger partial charge on any atom is -0.449 e. The van der Waals surface area contributed by atoms with Gasteiger partial charge in [0, 0.05) is 0 Å². The molecule has 1 aliphatic heterocycles. The maximum absolute atomic E-state index is 10.9. The molecule has 7 heteroatoms. The molecule has 0 spiro atoms. The van der Waals surface area contributed by atoms with E-state index in [4.69, 9.17) is 15.3 Å². The van der Waals surface area contributed by atoms with E-state index in [-0.39, 0.29) is 0 Å². The lowest BCUT2D eigenvalue weighted by atomic mass is 9.97. The molecule has 4 atom stereocenters. The van der Waals surface area contributed by atoms with Crippen molar-refractivity contribution in [2.24, 2.45) is 0 Å². The number of carbonyl (C=O) groups excluding carboxylic acids is 2. The average Bonchev–Trinajstić information content (AvgIpc) is 2.19. The number of esters is 1. The van der Waals surface area contributed by atoms with Crippen LogP contribution in [0.1, 0.15) is 0 Å². The highest BCUT2D eigenvalue weighted by atomic mass is 16.6. The highest BCUT2D eigenvalue weighted by Crippen LogP contribution is 2.17. The Balaban J connectivity index is 2.80. The van der Waals surface area contributed by atoms with Crippen LogP contribution in [-0.2, 0) is 14.3 Å². The number of Topliss-reactive ketones (excluding diaryl/α,β-unsaturated/α-hetero) is 1. The zero-order chi connectivity index (χ0) is 10.9. The van der Waals surface area contributed by atoms with Crippen LogP contribution in [0.5, 0.6) is 0 Å². The second-order valence-electron chi connectivity index (χ2n) is 2.91. The van der Waals surface area contributed by atoms with Gasteiger partial charge < -0.3 is 25.2 Å². The fourth-order valence-corrected chi connectivity index (χ4v) is 1.12. The van der Waals surface area contributed by atoms with Gasteiger partial charge in [0.1, 0.15) is 18.8 Å². The molecular formula is C7H10O7.